The highest BCUT2D eigenvalue weighted by atomic mass is 32.2. The maximum Gasteiger partial charge on any atom is 0.416 e. The lowest BCUT2D eigenvalue weighted by molar-refractivity contribution is -0.143. The molecule has 12 heteroatoms. The van der Waals surface area contributed by atoms with Gasteiger partial charge in [-0.05, 0) is 43.3 Å². The highest BCUT2D eigenvalue weighted by molar-refractivity contribution is 7.92. The molecule has 0 heterocycles. The number of aliphatic hydroxyl groups excluding tert-OH is 1. The smallest absolute Gasteiger partial charge is 0.416 e. The second-order valence-corrected chi connectivity index (χ2v) is 7.44. The number of benzene rings is 2. The zero-order valence-corrected chi connectivity index (χ0v) is 15.5. The molecular formula is C17H15F6NO4S. The van der Waals surface area contributed by atoms with Gasteiger partial charge in [-0.1, -0.05) is 0 Å². The average Bonchev–Trinajstić information content (AvgIpc) is 2.61. The van der Waals surface area contributed by atoms with Crippen LogP contribution in [0.1, 0.15) is 23.6 Å². The topological polar surface area (TPSA) is 75.6 Å². The summed E-state index contributed by atoms with van der Waals surface area (Å²) in [4.78, 5) is -1.21. The lowest BCUT2D eigenvalue weighted by Crippen LogP contribution is -2.17. The molecule has 0 spiro atoms. The summed E-state index contributed by atoms with van der Waals surface area (Å²) in [5.74, 6) is 0.247. The molecule has 0 aromatic heterocycles. The highest BCUT2D eigenvalue weighted by Crippen LogP contribution is 2.37. The van der Waals surface area contributed by atoms with Gasteiger partial charge in [-0.2, -0.15) is 26.3 Å². The maximum absolute atomic E-state index is 12.9. The number of hydrogen-bond acceptors (Lipinski definition) is 4. The van der Waals surface area contributed by atoms with Gasteiger partial charge in [0.15, 0.2) is 0 Å². The third kappa shape index (κ3) is 5.54. The van der Waals surface area contributed by atoms with E-state index in [1.54, 1.807) is 6.92 Å². The van der Waals surface area contributed by atoms with Crippen LogP contribution >= 0.6 is 0 Å². The normalized spacial score (nSPS) is 12.7. The summed E-state index contributed by atoms with van der Waals surface area (Å²) in [7, 11) is -4.80. The van der Waals surface area contributed by atoms with Crippen LogP contribution in [0.4, 0.5) is 32.0 Å². The third-order valence-electron chi connectivity index (χ3n) is 3.65. The molecule has 2 rings (SSSR count). The molecule has 29 heavy (non-hydrogen) atoms. The summed E-state index contributed by atoms with van der Waals surface area (Å²) in [6, 6.07) is 3.71. The minimum atomic E-state index is -5.19. The fourth-order valence-corrected chi connectivity index (χ4v) is 3.48. The number of rotatable bonds is 6. The van der Waals surface area contributed by atoms with Crippen molar-refractivity contribution in [3.05, 3.63) is 53.1 Å². The number of sulfonamides is 1. The summed E-state index contributed by atoms with van der Waals surface area (Å²) in [6.07, 6.45) is -10.4. The quantitative estimate of drug-likeness (QED) is 0.649. The van der Waals surface area contributed by atoms with Gasteiger partial charge in [0.05, 0.1) is 29.2 Å². The van der Waals surface area contributed by atoms with Gasteiger partial charge < -0.3 is 9.84 Å². The Bertz CT molecular complexity index is 954. The number of anilines is 1. The number of hydrogen-bond donors (Lipinski definition) is 2. The van der Waals surface area contributed by atoms with E-state index < -0.39 is 45.0 Å². The second kappa shape index (κ2) is 8.11. The molecule has 2 N–H and O–H groups in total. The molecule has 0 saturated carbocycles. The summed E-state index contributed by atoms with van der Waals surface area (Å²) < 4.78 is 110. The van der Waals surface area contributed by atoms with Gasteiger partial charge in [0.2, 0.25) is 0 Å². The lowest BCUT2D eigenvalue weighted by atomic mass is 10.1. The van der Waals surface area contributed by atoms with Crippen molar-refractivity contribution in [2.75, 3.05) is 11.3 Å². The van der Waals surface area contributed by atoms with Crippen molar-refractivity contribution in [2.24, 2.45) is 0 Å². The van der Waals surface area contributed by atoms with Gasteiger partial charge in [-0.15, -0.1) is 0 Å². The molecule has 2 aromatic carbocycles. The molecule has 2 aromatic rings. The Morgan fingerprint density at radius 3 is 1.97 bits per heavy atom. The molecule has 0 amide bonds. The highest BCUT2D eigenvalue weighted by Gasteiger charge is 2.38. The number of nitrogens with one attached hydrogen (secondary N) is 1. The van der Waals surface area contributed by atoms with Crippen molar-refractivity contribution >= 4 is 15.7 Å². The zero-order chi connectivity index (χ0) is 22.0. The monoisotopic (exact) mass is 443 g/mol. The molecule has 0 aliphatic rings. The lowest BCUT2D eigenvalue weighted by Gasteiger charge is -2.16. The van der Waals surface area contributed by atoms with Gasteiger partial charge >= 0.3 is 12.4 Å². The Kier molecular flexibility index (Phi) is 6.38. The van der Waals surface area contributed by atoms with Gasteiger partial charge in [0.25, 0.3) is 10.0 Å². The van der Waals surface area contributed by atoms with Gasteiger partial charge in [0.1, 0.15) is 5.75 Å². The van der Waals surface area contributed by atoms with Crippen molar-refractivity contribution in [2.45, 2.75) is 30.8 Å². The Hall–Kier alpha value is -2.47. The van der Waals surface area contributed by atoms with Crippen LogP contribution < -0.4 is 9.46 Å². The van der Waals surface area contributed by atoms with E-state index in [1.807, 2.05) is 4.72 Å². The molecule has 0 aliphatic carbocycles. The SMILES string of the molecule is CCOc1ccc(NS(=O)(=O)c2cc(C(F)(F)F)cc(C(F)(F)F)c2)cc1CO. The summed E-state index contributed by atoms with van der Waals surface area (Å²) in [6.45, 7) is 1.39. The maximum atomic E-state index is 12.9. The Balaban J connectivity index is 2.50. The Labute approximate surface area is 162 Å². The van der Waals surface area contributed by atoms with Crippen LogP contribution in [0.25, 0.3) is 0 Å². The van der Waals surface area contributed by atoms with Gasteiger partial charge in [-0.3, -0.25) is 4.72 Å². The van der Waals surface area contributed by atoms with Gasteiger partial charge in [-0.25, -0.2) is 8.42 Å². The summed E-state index contributed by atoms with van der Waals surface area (Å²) in [5, 5.41) is 9.33. The molecule has 0 fully saturated rings. The van der Waals surface area contributed by atoms with E-state index in [-0.39, 0.29) is 41.8 Å². The number of alkyl halides is 6. The number of ether oxygens (including phenoxy) is 1. The van der Waals surface area contributed by atoms with Crippen molar-refractivity contribution in [3.63, 3.8) is 0 Å². The third-order valence-corrected chi connectivity index (χ3v) is 5.02. The van der Waals surface area contributed by atoms with E-state index in [2.05, 4.69) is 0 Å². The standard InChI is InChI=1S/C17H15F6NO4S/c1-2-28-15-4-3-13(5-10(15)9-25)24-29(26,27)14-7-11(16(18,19)20)6-12(8-14)17(21,22)23/h3-8,24-25H,2,9H2,1H3. The van der Waals surface area contributed by atoms with E-state index in [4.69, 9.17) is 4.74 Å². The minimum absolute atomic E-state index is 0.110. The summed E-state index contributed by atoms with van der Waals surface area (Å²) >= 11 is 0. The van der Waals surface area contributed by atoms with Gasteiger partial charge in [0, 0.05) is 11.3 Å². The van der Waals surface area contributed by atoms with Crippen LogP contribution in [0.15, 0.2) is 41.3 Å². The van der Waals surface area contributed by atoms with Crippen molar-refractivity contribution in [1.29, 1.82) is 0 Å². The first-order valence-corrected chi connectivity index (χ1v) is 9.45. The number of aliphatic hydroxyl groups is 1. The van der Waals surface area contributed by atoms with Crippen LogP contribution in [-0.2, 0) is 29.0 Å². The molecule has 0 saturated heterocycles. The first-order valence-electron chi connectivity index (χ1n) is 7.97. The minimum Gasteiger partial charge on any atom is -0.494 e. The predicted octanol–water partition coefficient (Wildman–Crippen LogP) is 4.42. The molecule has 0 unspecified atom stereocenters. The fraction of sp³-hybridized carbons (Fsp3) is 0.294. The zero-order valence-electron chi connectivity index (χ0n) is 14.7. The molecule has 5 nitrogen and oxygen atoms in total. The number of halogens is 6. The molecule has 0 bridgehead atoms. The molecule has 0 radical (unpaired) electrons. The predicted molar refractivity (Wildman–Crippen MR) is 90.8 cm³/mol. The van der Waals surface area contributed by atoms with E-state index in [0.717, 1.165) is 6.07 Å². The largest absolute Gasteiger partial charge is 0.494 e. The van der Waals surface area contributed by atoms with Crippen LogP contribution in [0.5, 0.6) is 5.75 Å². The molecule has 0 aliphatic heterocycles. The Morgan fingerprint density at radius 1 is 0.966 bits per heavy atom. The van der Waals surface area contributed by atoms with Crippen molar-refractivity contribution in [1.82, 2.24) is 0 Å². The van der Waals surface area contributed by atoms with E-state index >= 15 is 0 Å². The van der Waals surface area contributed by atoms with E-state index in [9.17, 15) is 39.9 Å². The van der Waals surface area contributed by atoms with Crippen LogP contribution in [0.2, 0.25) is 0 Å². The fourth-order valence-electron chi connectivity index (χ4n) is 2.36. The average molecular weight is 443 g/mol. The second-order valence-electron chi connectivity index (χ2n) is 5.76. The van der Waals surface area contributed by atoms with Crippen molar-refractivity contribution in [3.8, 4) is 5.75 Å². The molecule has 0 atom stereocenters. The van der Waals surface area contributed by atoms with E-state index in [0.29, 0.717) is 0 Å². The first kappa shape index (κ1) is 22.8. The van der Waals surface area contributed by atoms with Crippen LogP contribution in [-0.4, -0.2) is 20.1 Å². The van der Waals surface area contributed by atoms with Crippen molar-refractivity contribution < 1.29 is 44.6 Å². The molecular weight excluding hydrogens is 428 g/mol. The van der Waals surface area contributed by atoms with Crippen LogP contribution in [0, 0.1) is 0 Å². The first-order chi connectivity index (χ1) is 13.3. The van der Waals surface area contributed by atoms with Crippen LogP contribution in [0.3, 0.4) is 0 Å². The van der Waals surface area contributed by atoms with E-state index in [1.165, 1.54) is 12.1 Å². The molecule has 160 valence electrons. The Morgan fingerprint density at radius 2 is 1.52 bits per heavy atom. The summed E-state index contributed by atoms with van der Waals surface area (Å²) in [5.41, 5.74) is -3.51.